The maximum absolute atomic E-state index is 6.00. The Hall–Kier alpha value is -0.580. The summed E-state index contributed by atoms with van der Waals surface area (Å²) in [7, 11) is 1.69. The van der Waals surface area contributed by atoms with Crippen molar-refractivity contribution in [1.29, 1.82) is 0 Å². The number of benzene rings is 1. The molecule has 0 spiro atoms. The van der Waals surface area contributed by atoms with Gasteiger partial charge in [0.1, 0.15) is 5.75 Å². The number of para-hydroxylation sites is 1. The van der Waals surface area contributed by atoms with E-state index in [1.54, 1.807) is 7.11 Å². The summed E-state index contributed by atoms with van der Waals surface area (Å²) in [6.07, 6.45) is 1.13. The third-order valence-corrected chi connectivity index (χ3v) is 3.77. The fourth-order valence-corrected chi connectivity index (χ4v) is 2.65. The van der Waals surface area contributed by atoms with E-state index in [4.69, 9.17) is 14.2 Å². The first-order valence-electron chi connectivity index (χ1n) is 6.23. The monoisotopic (exact) mass is 314 g/mol. The third-order valence-electron chi connectivity index (χ3n) is 3.18. The van der Waals surface area contributed by atoms with Gasteiger partial charge in [-0.15, -0.1) is 0 Å². The van der Waals surface area contributed by atoms with Gasteiger partial charge < -0.3 is 14.2 Å². The van der Waals surface area contributed by atoms with Crippen LogP contribution in [0, 0.1) is 5.92 Å². The van der Waals surface area contributed by atoms with E-state index < -0.39 is 0 Å². The van der Waals surface area contributed by atoms with E-state index in [1.165, 1.54) is 0 Å². The van der Waals surface area contributed by atoms with Gasteiger partial charge >= 0.3 is 0 Å². The van der Waals surface area contributed by atoms with Crippen LogP contribution < -0.4 is 4.74 Å². The zero-order valence-corrected chi connectivity index (χ0v) is 12.2. The molecule has 2 atom stereocenters. The second kappa shape index (κ2) is 7.12. The quantitative estimate of drug-likeness (QED) is 0.755. The summed E-state index contributed by atoms with van der Waals surface area (Å²) in [4.78, 5) is 0. The van der Waals surface area contributed by atoms with Crippen LogP contribution in [0.25, 0.3) is 0 Å². The number of halogens is 1. The Morgan fingerprint density at radius 2 is 2.28 bits per heavy atom. The van der Waals surface area contributed by atoms with Crippen molar-refractivity contribution < 1.29 is 14.2 Å². The molecule has 1 aromatic rings. The maximum Gasteiger partial charge on any atom is 0.124 e. The van der Waals surface area contributed by atoms with Crippen LogP contribution >= 0.6 is 15.9 Å². The number of alkyl halides is 1. The largest absolute Gasteiger partial charge is 0.496 e. The Balaban J connectivity index is 1.98. The van der Waals surface area contributed by atoms with E-state index in [-0.39, 0.29) is 6.10 Å². The second-order valence-electron chi connectivity index (χ2n) is 4.45. The first kappa shape index (κ1) is 13.8. The summed E-state index contributed by atoms with van der Waals surface area (Å²) >= 11 is 3.51. The molecular formula is C14H19BrO3. The van der Waals surface area contributed by atoms with Crippen molar-refractivity contribution in [2.45, 2.75) is 12.5 Å². The zero-order valence-electron chi connectivity index (χ0n) is 10.6. The SMILES string of the molecule is COc1ccccc1C(CBr)OCC1CCOC1. The molecule has 100 valence electrons. The van der Waals surface area contributed by atoms with Crippen LogP contribution in [0.1, 0.15) is 18.1 Å². The summed E-state index contributed by atoms with van der Waals surface area (Å²) in [5.41, 5.74) is 1.09. The summed E-state index contributed by atoms with van der Waals surface area (Å²) in [6, 6.07) is 8.00. The molecular weight excluding hydrogens is 296 g/mol. The number of hydrogen-bond acceptors (Lipinski definition) is 3. The van der Waals surface area contributed by atoms with Gasteiger partial charge in [0.2, 0.25) is 0 Å². The van der Waals surface area contributed by atoms with Crippen molar-refractivity contribution in [3.8, 4) is 5.75 Å². The number of hydrogen-bond donors (Lipinski definition) is 0. The fourth-order valence-electron chi connectivity index (χ4n) is 2.12. The lowest BCUT2D eigenvalue weighted by atomic mass is 10.1. The Morgan fingerprint density at radius 1 is 1.44 bits per heavy atom. The van der Waals surface area contributed by atoms with Gasteiger partial charge in [-0.25, -0.2) is 0 Å². The molecule has 1 saturated heterocycles. The minimum atomic E-state index is 0.0294. The molecule has 2 rings (SSSR count). The van der Waals surface area contributed by atoms with Gasteiger partial charge in [0.15, 0.2) is 0 Å². The zero-order chi connectivity index (χ0) is 12.8. The standard InChI is InChI=1S/C14H19BrO3/c1-16-13-5-3-2-4-12(13)14(8-15)18-10-11-6-7-17-9-11/h2-5,11,14H,6-10H2,1H3. The number of methoxy groups -OCH3 is 1. The molecule has 0 saturated carbocycles. The predicted molar refractivity (Wildman–Crippen MR) is 74.4 cm³/mol. The van der Waals surface area contributed by atoms with Crippen molar-refractivity contribution in [2.24, 2.45) is 5.92 Å². The normalized spacial score (nSPS) is 20.9. The predicted octanol–water partition coefficient (Wildman–Crippen LogP) is 3.18. The second-order valence-corrected chi connectivity index (χ2v) is 5.10. The fraction of sp³-hybridized carbons (Fsp3) is 0.571. The smallest absolute Gasteiger partial charge is 0.124 e. The van der Waals surface area contributed by atoms with E-state index in [2.05, 4.69) is 22.0 Å². The van der Waals surface area contributed by atoms with E-state index in [9.17, 15) is 0 Å². The first-order chi connectivity index (χ1) is 8.85. The molecule has 1 aliphatic heterocycles. The van der Waals surface area contributed by atoms with E-state index >= 15 is 0 Å². The molecule has 1 aliphatic rings. The molecule has 18 heavy (non-hydrogen) atoms. The van der Waals surface area contributed by atoms with Crippen LogP contribution in [0.4, 0.5) is 0 Å². The molecule has 4 heteroatoms. The van der Waals surface area contributed by atoms with Gasteiger partial charge in [0, 0.05) is 23.4 Å². The van der Waals surface area contributed by atoms with Crippen LogP contribution in [0.2, 0.25) is 0 Å². The van der Waals surface area contributed by atoms with Crippen LogP contribution in [0.3, 0.4) is 0 Å². The molecule has 1 fully saturated rings. The van der Waals surface area contributed by atoms with E-state index in [0.29, 0.717) is 5.92 Å². The van der Waals surface area contributed by atoms with Gasteiger partial charge in [-0.1, -0.05) is 34.1 Å². The van der Waals surface area contributed by atoms with Crippen LogP contribution in [0.5, 0.6) is 5.75 Å². The summed E-state index contributed by atoms with van der Waals surface area (Å²) < 4.78 is 16.7. The van der Waals surface area contributed by atoms with Gasteiger partial charge in [0.05, 0.1) is 26.4 Å². The molecule has 2 unspecified atom stereocenters. The lowest BCUT2D eigenvalue weighted by Crippen LogP contribution is -2.15. The highest BCUT2D eigenvalue weighted by molar-refractivity contribution is 9.09. The van der Waals surface area contributed by atoms with Crippen LogP contribution in [-0.4, -0.2) is 32.3 Å². The Bertz CT molecular complexity index is 364. The van der Waals surface area contributed by atoms with Crippen LogP contribution in [0.15, 0.2) is 24.3 Å². The average molecular weight is 315 g/mol. The highest BCUT2D eigenvalue weighted by Gasteiger charge is 2.20. The summed E-state index contributed by atoms with van der Waals surface area (Å²) in [6.45, 7) is 2.43. The number of ether oxygens (including phenoxy) is 3. The van der Waals surface area contributed by atoms with Crippen molar-refractivity contribution in [3.05, 3.63) is 29.8 Å². The molecule has 0 radical (unpaired) electrons. The molecule has 1 aromatic carbocycles. The Morgan fingerprint density at radius 3 is 2.94 bits per heavy atom. The lowest BCUT2D eigenvalue weighted by molar-refractivity contribution is 0.0380. The maximum atomic E-state index is 6.00. The van der Waals surface area contributed by atoms with E-state index in [1.807, 2.05) is 18.2 Å². The molecule has 0 bridgehead atoms. The Labute approximate surface area is 117 Å². The minimum absolute atomic E-state index is 0.0294. The molecule has 3 nitrogen and oxygen atoms in total. The highest BCUT2D eigenvalue weighted by atomic mass is 79.9. The highest BCUT2D eigenvalue weighted by Crippen LogP contribution is 2.29. The van der Waals surface area contributed by atoms with Gasteiger partial charge in [-0.3, -0.25) is 0 Å². The first-order valence-corrected chi connectivity index (χ1v) is 7.35. The van der Waals surface area contributed by atoms with E-state index in [0.717, 1.165) is 42.9 Å². The summed E-state index contributed by atoms with van der Waals surface area (Å²) in [5, 5.41) is 0.765. The number of rotatable bonds is 6. The van der Waals surface area contributed by atoms with Crippen molar-refractivity contribution in [1.82, 2.24) is 0 Å². The summed E-state index contributed by atoms with van der Waals surface area (Å²) in [5.74, 6) is 1.41. The average Bonchev–Trinajstić information content (AvgIpc) is 2.93. The topological polar surface area (TPSA) is 27.7 Å². The van der Waals surface area contributed by atoms with Gasteiger partial charge in [-0.2, -0.15) is 0 Å². The molecule has 1 heterocycles. The molecule has 0 amide bonds. The van der Waals surface area contributed by atoms with Crippen molar-refractivity contribution >= 4 is 15.9 Å². The van der Waals surface area contributed by atoms with Gasteiger partial charge in [0.25, 0.3) is 0 Å². The molecule has 0 aromatic heterocycles. The lowest BCUT2D eigenvalue weighted by Gasteiger charge is -2.20. The molecule has 0 N–H and O–H groups in total. The van der Waals surface area contributed by atoms with Gasteiger partial charge in [-0.05, 0) is 12.5 Å². The molecule has 0 aliphatic carbocycles. The minimum Gasteiger partial charge on any atom is -0.496 e. The van der Waals surface area contributed by atoms with Crippen LogP contribution in [-0.2, 0) is 9.47 Å². The van der Waals surface area contributed by atoms with Crippen molar-refractivity contribution in [3.63, 3.8) is 0 Å². The Kier molecular flexibility index (Phi) is 5.47. The van der Waals surface area contributed by atoms with Crippen molar-refractivity contribution in [2.75, 3.05) is 32.3 Å². The third kappa shape index (κ3) is 3.46.